The van der Waals surface area contributed by atoms with Crippen LogP contribution in [0.15, 0.2) is 18.2 Å². The fourth-order valence-electron chi connectivity index (χ4n) is 1.69. The van der Waals surface area contributed by atoms with Crippen molar-refractivity contribution in [2.75, 3.05) is 32.1 Å². The predicted molar refractivity (Wildman–Crippen MR) is 76.1 cm³/mol. The zero-order valence-electron chi connectivity index (χ0n) is 11.6. The van der Waals surface area contributed by atoms with Gasteiger partial charge in [0, 0.05) is 38.4 Å². The summed E-state index contributed by atoms with van der Waals surface area (Å²) in [4.78, 5) is 22.3. The van der Waals surface area contributed by atoms with E-state index in [0.717, 1.165) is 6.42 Å². The maximum atomic E-state index is 11.9. The molecule has 110 valence electrons. The molecule has 0 aliphatic heterocycles. The van der Waals surface area contributed by atoms with Gasteiger partial charge in [-0.2, -0.15) is 0 Å². The molecular formula is C13H19N3O4. The SMILES string of the molecule is CCNc1cc(C(=O)NCCCOC)ccc1[N+](=O)[O-]. The van der Waals surface area contributed by atoms with Crippen LogP contribution < -0.4 is 10.6 Å². The Morgan fingerprint density at radius 1 is 1.45 bits per heavy atom. The maximum Gasteiger partial charge on any atom is 0.292 e. The predicted octanol–water partition coefficient (Wildman–Crippen LogP) is 1.79. The van der Waals surface area contributed by atoms with Gasteiger partial charge in [0.1, 0.15) is 5.69 Å². The zero-order chi connectivity index (χ0) is 15.0. The van der Waals surface area contributed by atoms with Crippen LogP contribution in [0, 0.1) is 10.1 Å². The minimum absolute atomic E-state index is 0.0391. The first-order valence-electron chi connectivity index (χ1n) is 6.39. The second-order valence-corrected chi connectivity index (χ2v) is 4.12. The van der Waals surface area contributed by atoms with Gasteiger partial charge in [-0.1, -0.05) is 0 Å². The number of nitrogens with zero attached hydrogens (tertiary/aromatic N) is 1. The molecule has 1 aromatic rings. The molecule has 7 nitrogen and oxygen atoms in total. The Morgan fingerprint density at radius 3 is 2.80 bits per heavy atom. The summed E-state index contributed by atoms with van der Waals surface area (Å²) in [6.45, 7) is 3.45. The zero-order valence-corrected chi connectivity index (χ0v) is 11.6. The van der Waals surface area contributed by atoms with E-state index in [4.69, 9.17) is 4.74 Å². The lowest BCUT2D eigenvalue weighted by Crippen LogP contribution is -2.25. The van der Waals surface area contributed by atoms with Crippen LogP contribution >= 0.6 is 0 Å². The summed E-state index contributed by atoms with van der Waals surface area (Å²) in [5.74, 6) is -0.254. The molecule has 20 heavy (non-hydrogen) atoms. The summed E-state index contributed by atoms with van der Waals surface area (Å²) in [6.07, 6.45) is 0.718. The van der Waals surface area contributed by atoms with E-state index in [1.807, 2.05) is 6.92 Å². The highest BCUT2D eigenvalue weighted by atomic mass is 16.6. The third-order valence-corrected chi connectivity index (χ3v) is 2.63. The molecule has 1 rings (SSSR count). The number of hydrogen-bond donors (Lipinski definition) is 2. The Bertz CT molecular complexity index is 477. The molecule has 0 heterocycles. The molecule has 1 amide bonds. The van der Waals surface area contributed by atoms with Gasteiger partial charge in [-0.05, 0) is 25.5 Å². The summed E-state index contributed by atoms with van der Waals surface area (Å²) in [6, 6.07) is 4.28. The minimum atomic E-state index is -0.474. The van der Waals surface area contributed by atoms with Gasteiger partial charge in [0.05, 0.1) is 4.92 Å². The summed E-state index contributed by atoms with van der Waals surface area (Å²) in [7, 11) is 1.60. The lowest BCUT2D eigenvalue weighted by Gasteiger charge is -2.08. The lowest BCUT2D eigenvalue weighted by atomic mass is 10.1. The third-order valence-electron chi connectivity index (χ3n) is 2.63. The molecule has 2 N–H and O–H groups in total. The van der Waals surface area contributed by atoms with E-state index in [1.54, 1.807) is 7.11 Å². The van der Waals surface area contributed by atoms with Crippen molar-refractivity contribution in [3.05, 3.63) is 33.9 Å². The molecule has 0 atom stereocenters. The smallest absolute Gasteiger partial charge is 0.292 e. The Balaban J connectivity index is 2.77. The molecule has 0 radical (unpaired) electrons. The van der Waals surface area contributed by atoms with Gasteiger partial charge in [0.25, 0.3) is 11.6 Å². The molecule has 0 saturated heterocycles. The van der Waals surface area contributed by atoms with Crippen molar-refractivity contribution >= 4 is 17.3 Å². The number of rotatable bonds is 8. The number of amides is 1. The lowest BCUT2D eigenvalue weighted by molar-refractivity contribution is -0.384. The number of benzene rings is 1. The number of nitrogens with one attached hydrogen (secondary N) is 2. The Morgan fingerprint density at radius 2 is 2.20 bits per heavy atom. The first kappa shape index (κ1) is 15.9. The Labute approximate surface area is 117 Å². The van der Waals surface area contributed by atoms with Crippen molar-refractivity contribution in [2.24, 2.45) is 0 Å². The molecule has 0 saturated carbocycles. The van der Waals surface area contributed by atoms with E-state index in [1.165, 1.54) is 18.2 Å². The summed E-state index contributed by atoms with van der Waals surface area (Å²) in [5, 5.41) is 16.5. The maximum absolute atomic E-state index is 11.9. The van der Waals surface area contributed by atoms with Crippen molar-refractivity contribution < 1.29 is 14.5 Å². The van der Waals surface area contributed by atoms with Crippen LogP contribution in [-0.4, -0.2) is 37.6 Å². The van der Waals surface area contributed by atoms with Crippen LogP contribution in [0.1, 0.15) is 23.7 Å². The molecular weight excluding hydrogens is 262 g/mol. The van der Waals surface area contributed by atoms with Crippen molar-refractivity contribution in [3.63, 3.8) is 0 Å². The highest BCUT2D eigenvalue weighted by Gasteiger charge is 2.16. The van der Waals surface area contributed by atoms with E-state index in [2.05, 4.69) is 10.6 Å². The second kappa shape index (κ2) is 8.11. The van der Waals surface area contributed by atoms with E-state index < -0.39 is 4.92 Å². The van der Waals surface area contributed by atoms with Gasteiger partial charge in [-0.3, -0.25) is 14.9 Å². The summed E-state index contributed by atoms with van der Waals surface area (Å²) in [5.41, 5.74) is 0.703. The number of nitro groups is 1. The molecule has 0 unspecified atom stereocenters. The average molecular weight is 281 g/mol. The molecule has 1 aromatic carbocycles. The highest BCUT2D eigenvalue weighted by molar-refractivity contribution is 5.95. The van der Waals surface area contributed by atoms with Gasteiger partial charge >= 0.3 is 0 Å². The molecule has 0 bridgehead atoms. The second-order valence-electron chi connectivity index (χ2n) is 4.12. The topological polar surface area (TPSA) is 93.5 Å². The number of carbonyl (C=O) groups excluding carboxylic acids is 1. The van der Waals surface area contributed by atoms with Gasteiger partial charge in [-0.15, -0.1) is 0 Å². The number of anilines is 1. The van der Waals surface area contributed by atoms with Crippen molar-refractivity contribution in [1.29, 1.82) is 0 Å². The average Bonchev–Trinajstić information content (AvgIpc) is 2.43. The van der Waals surface area contributed by atoms with E-state index in [9.17, 15) is 14.9 Å². The van der Waals surface area contributed by atoms with Gasteiger partial charge in [0.15, 0.2) is 0 Å². The van der Waals surface area contributed by atoms with Crippen LogP contribution in [0.25, 0.3) is 0 Å². The van der Waals surface area contributed by atoms with Gasteiger partial charge < -0.3 is 15.4 Å². The van der Waals surface area contributed by atoms with Crippen LogP contribution in [0.4, 0.5) is 11.4 Å². The van der Waals surface area contributed by atoms with Crippen LogP contribution in [-0.2, 0) is 4.74 Å². The van der Waals surface area contributed by atoms with Crippen LogP contribution in [0.3, 0.4) is 0 Å². The molecule has 7 heteroatoms. The van der Waals surface area contributed by atoms with Gasteiger partial charge in [-0.25, -0.2) is 0 Å². The monoisotopic (exact) mass is 281 g/mol. The first-order valence-corrected chi connectivity index (χ1v) is 6.39. The normalized spacial score (nSPS) is 10.1. The van der Waals surface area contributed by atoms with Crippen LogP contribution in [0.5, 0.6) is 0 Å². The number of hydrogen-bond acceptors (Lipinski definition) is 5. The number of nitro benzene ring substituents is 1. The molecule has 0 aromatic heterocycles. The minimum Gasteiger partial charge on any atom is -0.385 e. The fraction of sp³-hybridized carbons (Fsp3) is 0.462. The number of carbonyl (C=O) groups is 1. The first-order chi connectivity index (χ1) is 9.60. The molecule has 0 aliphatic carbocycles. The quantitative estimate of drug-likeness (QED) is 0.430. The highest BCUT2D eigenvalue weighted by Crippen LogP contribution is 2.25. The molecule has 0 aliphatic rings. The largest absolute Gasteiger partial charge is 0.385 e. The van der Waals surface area contributed by atoms with Gasteiger partial charge in [0.2, 0.25) is 0 Å². The van der Waals surface area contributed by atoms with Crippen molar-refractivity contribution in [3.8, 4) is 0 Å². The number of ether oxygens (including phenoxy) is 1. The molecule has 0 spiro atoms. The Hall–Kier alpha value is -2.15. The van der Waals surface area contributed by atoms with E-state index in [-0.39, 0.29) is 11.6 Å². The third kappa shape index (κ3) is 4.51. The number of methoxy groups -OCH3 is 1. The van der Waals surface area contributed by atoms with E-state index in [0.29, 0.717) is 30.9 Å². The van der Waals surface area contributed by atoms with Crippen molar-refractivity contribution in [2.45, 2.75) is 13.3 Å². The van der Waals surface area contributed by atoms with E-state index >= 15 is 0 Å². The van der Waals surface area contributed by atoms with Crippen molar-refractivity contribution in [1.82, 2.24) is 5.32 Å². The summed E-state index contributed by atoms with van der Waals surface area (Å²) < 4.78 is 4.89. The standard InChI is InChI=1S/C13H19N3O4/c1-3-14-11-9-10(5-6-12(11)16(18)19)13(17)15-7-4-8-20-2/h5-6,9,14H,3-4,7-8H2,1-2H3,(H,15,17). The summed E-state index contributed by atoms with van der Waals surface area (Å²) >= 11 is 0. The van der Waals surface area contributed by atoms with Crippen LogP contribution in [0.2, 0.25) is 0 Å². The Kier molecular flexibility index (Phi) is 6.45. The fourth-order valence-corrected chi connectivity index (χ4v) is 1.69. The molecule has 0 fully saturated rings.